The highest BCUT2D eigenvalue weighted by Gasteiger charge is 1.96. The first-order valence-electron chi connectivity index (χ1n) is 4.45. The van der Waals surface area contributed by atoms with E-state index < -0.39 is 0 Å². The first-order chi connectivity index (χ1) is 6.34. The van der Waals surface area contributed by atoms with E-state index in [9.17, 15) is 0 Å². The molecule has 13 heavy (non-hydrogen) atoms. The Hall–Kier alpha value is -1.09. The molecule has 0 aromatic carbocycles. The molecule has 0 saturated carbocycles. The lowest BCUT2D eigenvalue weighted by Crippen LogP contribution is -2.06. The van der Waals surface area contributed by atoms with Crippen LogP contribution in [-0.2, 0) is 4.74 Å². The van der Waals surface area contributed by atoms with E-state index >= 15 is 0 Å². The van der Waals surface area contributed by atoms with Gasteiger partial charge in [0, 0.05) is 24.6 Å². The Kier molecular flexibility index (Phi) is 4.26. The number of rotatable bonds is 5. The monoisotopic (exact) mass is 181 g/mol. The van der Waals surface area contributed by atoms with Crippen molar-refractivity contribution in [3.63, 3.8) is 0 Å². The quantitative estimate of drug-likeness (QED) is 0.649. The van der Waals surface area contributed by atoms with Gasteiger partial charge in [-0.15, -0.1) is 0 Å². The molecule has 0 fully saturated rings. The van der Waals surface area contributed by atoms with Gasteiger partial charge in [0.25, 0.3) is 0 Å². The van der Waals surface area contributed by atoms with Crippen LogP contribution in [0.15, 0.2) is 18.5 Å². The largest absolute Gasteiger partial charge is 0.491 e. The summed E-state index contributed by atoms with van der Waals surface area (Å²) in [4.78, 5) is 3.98. The van der Waals surface area contributed by atoms with E-state index in [0.717, 1.165) is 17.9 Å². The second-order valence-electron chi connectivity index (χ2n) is 2.69. The van der Waals surface area contributed by atoms with Gasteiger partial charge in [-0.1, -0.05) is 0 Å². The molecule has 0 spiro atoms. The van der Waals surface area contributed by atoms with Crippen LogP contribution < -0.4 is 4.74 Å². The van der Waals surface area contributed by atoms with Crippen LogP contribution in [0, 0.1) is 6.92 Å². The molecule has 0 amide bonds. The summed E-state index contributed by atoms with van der Waals surface area (Å²) in [6.07, 6.45) is 3.51. The molecule has 1 rings (SSSR count). The molecular formula is C10H15NO2. The highest BCUT2D eigenvalue weighted by molar-refractivity contribution is 5.28. The molecule has 0 radical (unpaired) electrons. The fourth-order valence-electron chi connectivity index (χ4n) is 0.977. The molecule has 3 nitrogen and oxygen atoms in total. The number of aryl methyl sites for hydroxylation is 1. The average Bonchev–Trinajstić information content (AvgIpc) is 2.15. The SMILES string of the molecule is CCOCCOc1ccncc1C. The Morgan fingerprint density at radius 3 is 2.92 bits per heavy atom. The maximum Gasteiger partial charge on any atom is 0.125 e. The van der Waals surface area contributed by atoms with E-state index in [-0.39, 0.29) is 0 Å². The van der Waals surface area contributed by atoms with Crippen LogP contribution >= 0.6 is 0 Å². The van der Waals surface area contributed by atoms with Crippen molar-refractivity contribution in [1.29, 1.82) is 0 Å². The smallest absolute Gasteiger partial charge is 0.125 e. The van der Waals surface area contributed by atoms with Crippen LogP contribution in [0.4, 0.5) is 0 Å². The Labute approximate surface area is 78.7 Å². The van der Waals surface area contributed by atoms with Crippen LogP contribution in [0.1, 0.15) is 12.5 Å². The zero-order valence-corrected chi connectivity index (χ0v) is 8.12. The maximum absolute atomic E-state index is 5.47. The molecule has 0 unspecified atom stereocenters. The second kappa shape index (κ2) is 5.54. The van der Waals surface area contributed by atoms with Crippen molar-refractivity contribution in [3.8, 4) is 5.75 Å². The van der Waals surface area contributed by atoms with E-state index in [0.29, 0.717) is 13.2 Å². The van der Waals surface area contributed by atoms with Gasteiger partial charge >= 0.3 is 0 Å². The van der Waals surface area contributed by atoms with Gasteiger partial charge in [-0.2, -0.15) is 0 Å². The van der Waals surface area contributed by atoms with Crippen molar-refractivity contribution < 1.29 is 9.47 Å². The van der Waals surface area contributed by atoms with Crippen molar-refractivity contribution >= 4 is 0 Å². The summed E-state index contributed by atoms with van der Waals surface area (Å²) < 4.78 is 10.6. The molecule has 0 aliphatic carbocycles. The highest BCUT2D eigenvalue weighted by Crippen LogP contribution is 2.14. The second-order valence-corrected chi connectivity index (χ2v) is 2.69. The van der Waals surface area contributed by atoms with Crippen molar-refractivity contribution in [2.75, 3.05) is 19.8 Å². The Bertz CT molecular complexity index is 250. The van der Waals surface area contributed by atoms with Gasteiger partial charge in [0.05, 0.1) is 6.61 Å². The molecule has 0 N–H and O–H groups in total. The number of nitrogens with zero attached hydrogens (tertiary/aromatic N) is 1. The summed E-state index contributed by atoms with van der Waals surface area (Å²) in [5.74, 6) is 0.884. The Balaban J connectivity index is 2.32. The zero-order valence-electron chi connectivity index (χ0n) is 8.12. The summed E-state index contributed by atoms with van der Waals surface area (Å²) in [5, 5.41) is 0. The summed E-state index contributed by atoms with van der Waals surface area (Å²) in [7, 11) is 0. The van der Waals surface area contributed by atoms with Crippen LogP contribution in [-0.4, -0.2) is 24.8 Å². The third-order valence-corrected chi connectivity index (χ3v) is 1.66. The number of hydrogen-bond donors (Lipinski definition) is 0. The van der Waals surface area contributed by atoms with Gasteiger partial charge in [-0.05, 0) is 19.9 Å². The van der Waals surface area contributed by atoms with E-state index in [1.807, 2.05) is 19.9 Å². The van der Waals surface area contributed by atoms with Crippen LogP contribution in [0.3, 0.4) is 0 Å². The van der Waals surface area contributed by atoms with Crippen LogP contribution in [0.25, 0.3) is 0 Å². The summed E-state index contributed by atoms with van der Waals surface area (Å²) in [6, 6.07) is 1.86. The summed E-state index contributed by atoms with van der Waals surface area (Å²) in [5.41, 5.74) is 1.05. The molecule has 0 bridgehead atoms. The molecule has 3 heteroatoms. The van der Waals surface area contributed by atoms with Gasteiger partial charge in [-0.25, -0.2) is 0 Å². The highest BCUT2D eigenvalue weighted by atomic mass is 16.5. The van der Waals surface area contributed by atoms with Crippen molar-refractivity contribution in [1.82, 2.24) is 4.98 Å². The lowest BCUT2D eigenvalue weighted by Gasteiger charge is -2.07. The third-order valence-electron chi connectivity index (χ3n) is 1.66. The lowest BCUT2D eigenvalue weighted by atomic mass is 10.3. The normalized spacial score (nSPS) is 10.0. The molecule has 1 heterocycles. The number of hydrogen-bond acceptors (Lipinski definition) is 3. The first kappa shape index (κ1) is 9.99. The Morgan fingerprint density at radius 2 is 2.23 bits per heavy atom. The minimum atomic E-state index is 0.596. The van der Waals surface area contributed by atoms with E-state index in [4.69, 9.17) is 9.47 Å². The minimum absolute atomic E-state index is 0.596. The summed E-state index contributed by atoms with van der Waals surface area (Å²) >= 11 is 0. The standard InChI is InChI=1S/C10H15NO2/c1-3-12-6-7-13-10-4-5-11-8-9(10)2/h4-5,8H,3,6-7H2,1-2H3. The summed E-state index contributed by atoms with van der Waals surface area (Å²) in [6.45, 7) is 5.91. The van der Waals surface area contributed by atoms with E-state index in [1.165, 1.54) is 0 Å². The molecule has 0 saturated heterocycles. The fraction of sp³-hybridized carbons (Fsp3) is 0.500. The predicted molar refractivity (Wildman–Crippen MR) is 51.0 cm³/mol. The van der Waals surface area contributed by atoms with Gasteiger partial charge < -0.3 is 9.47 Å². The zero-order chi connectivity index (χ0) is 9.52. The van der Waals surface area contributed by atoms with Crippen molar-refractivity contribution in [3.05, 3.63) is 24.0 Å². The molecule has 1 aromatic rings. The molecule has 0 aliphatic rings. The van der Waals surface area contributed by atoms with Crippen molar-refractivity contribution in [2.24, 2.45) is 0 Å². The van der Waals surface area contributed by atoms with Gasteiger partial charge in [-0.3, -0.25) is 4.98 Å². The van der Waals surface area contributed by atoms with Crippen molar-refractivity contribution in [2.45, 2.75) is 13.8 Å². The number of pyridine rings is 1. The average molecular weight is 181 g/mol. The molecule has 72 valence electrons. The molecular weight excluding hydrogens is 166 g/mol. The Morgan fingerprint density at radius 1 is 1.38 bits per heavy atom. The lowest BCUT2D eigenvalue weighted by molar-refractivity contribution is 0.110. The molecule has 1 aromatic heterocycles. The minimum Gasteiger partial charge on any atom is -0.491 e. The maximum atomic E-state index is 5.47. The molecule has 0 aliphatic heterocycles. The number of ether oxygens (including phenoxy) is 2. The topological polar surface area (TPSA) is 31.4 Å². The van der Waals surface area contributed by atoms with Crippen LogP contribution in [0.5, 0.6) is 5.75 Å². The number of aromatic nitrogens is 1. The van der Waals surface area contributed by atoms with Gasteiger partial charge in [0.2, 0.25) is 0 Å². The van der Waals surface area contributed by atoms with Gasteiger partial charge in [0.15, 0.2) is 0 Å². The van der Waals surface area contributed by atoms with E-state index in [1.54, 1.807) is 12.4 Å². The predicted octanol–water partition coefficient (Wildman–Crippen LogP) is 1.81. The fourth-order valence-corrected chi connectivity index (χ4v) is 0.977. The van der Waals surface area contributed by atoms with Crippen LogP contribution in [0.2, 0.25) is 0 Å². The van der Waals surface area contributed by atoms with Gasteiger partial charge in [0.1, 0.15) is 12.4 Å². The van der Waals surface area contributed by atoms with E-state index in [2.05, 4.69) is 4.98 Å². The molecule has 0 atom stereocenters. The first-order valence-corrected chi connectivity index (χ1v) is 4.45. The third kappa shape index (κ3) is 3.42.